The monoisotopic (exact) mass is 377 g/mol. The SMILES string of the molecule is Cn1c(=O)n(-c2cnn(C(F)F)c2)c2nc(Cl)cc(Br)c21. The quantitative estimate of drug-likeness (QED) is 0.644. The van der Waals surface area contributed by atoms with Gasteiger partial charge in [0.05, 0.1) is 18.1 Å². The van der Waals surface area contributed by atoms with E-state index in [1.54, 1.807) is 13.1 Å². The van der Waals surface area contributed by atoms with Gasteiger partial charge in [-0.25, -0.2) is 19.0 Å². The summed E-state index contributed by atoms with van der Waals surface area (Å²) in [6, 6.07) is 1.55. The van der Waals surface area contributed by atoms with Crippen LogP contribution in [0.5, 0.6) is 0 Å². The second-order valence-corrected chi connectivity index (χ2v) is 5.47. The van der Waals surface area contributed by atoms with Crippen LogP contribution in [0.2, 0.25) is 5.15 Å². The molecule has 0 N–H and O–H groups in total. The Morgan fingerprint density at radius 2 is 2.14 bits per heavy atom. The van der Waals surface area contributed by atoms with Gasteiger partial charge in [0.15, 0.2) is 5.65 Å². The molecule has 3 aromatic rings. The van der Waals surface area contributed by atoms with E-state index in [0.717, 1.165) is 6.20 Å². The molecule has 0 unspecified atom stereocenters. The number of pyridine rings is 1. The number of aromatic nitrogens is 5. The highest BCUT2D eigenvalue weighted by molar-refractivity contribution is 9.10. The molecule has 0 aliphatic carbocycles. The average molecular weight is 379 g/mol. The maximum atomic E-state index is 12.6. The number of fused-ring (bicyclic) bond motifs is 1. The van der Waals surface area contributed by atoms with Crippen molar-refractivity contribution < 1.29 is 8.78 Å². The Morgan fingerprint density at radius 1 is 1.43 bits per heavy atom. The maximum Gasteiger partial charge on any atom is 0.334 e. The van der Waals surface area contributed by atoms with Crippen LogP contribution in [0.25, 0.3) is 16.9 Å². The zero-order valence-corrected chi connectivity index (χ0v) is 12.8. The zero-order valence-electron chi connectivity index (χ0n) is 10.5. The van der Waals surface area contributed by atoms with Crippen LogP contribution in [-0.4, -0.2) is 23.9 Å². The first-order valence-corrected chi connectivity index (χ1v) is 6.83. The summed E-state index contributed by atoms with van der Waals surface area (Å²) >= 11 is 9.20. The molecule has 0 saturated heterocycles. The molecule has 3 heterocycles. The number of imidazole rings is 1. The van der Waals surface area contributed by atoms with Gasteiger partial charge in [-0.1, -0.05) is 11.6 Å². The van der Waals surface area contributed by atoms with Gasteiger partial charge in [0.2, 0.25) is 0 Å². The Morgan fingerprint density at radius 3 is 2.76 bits per heavy atom. The van der Waals surface area contributed by atoms with E-state index in [-0.39, 0.29) is 16.5 Å². The van der Waals surface area contributed by atoms with Crippen molar-refractivity contribution in [3.05, 3.63) is 38.6 Å². The van der Waals surface area contributed by atoms with Crippen molar-refractivity contribution in [1.82, 2.24) is 23.9 Å². The molecule has 21 heavy (non-hydrogen) atoms. The van der Waals surface area contributed by atoms with Crippen LogP contribution in [0.4, 0.5) is 8.78 Å². The number of aryl methyl sites for hydroxylation is 1. The second-order valence-electron chi connectivity index (χ2n) is 4.23. The predicted molar refractivity (Wildman–Crippen MR) is 76.1 cm³/mol. The molecule has 0 spiro atoms. The minimum absolute atomic E-state index is 0.176. The normalized spacial score (nSPS) is 11.7. The van der Waals surface area contributed by atoms with E-state index in [4.69, 9.17) is 11.6 Å². The number of alkyl halides is 2. The van der Waals surface area contributed by atoms with Crippen molar-refractivity contribution in [3.8, 4) is 5.69 Å². The van der Waals surface area contributed by atoms with Crippen LogP contribution in [0.15, 0.2) is 27.7 Å². The molecule has 0 amide bonds. The Hall–Kier alpha value is -1.74. The molecular weight excluding hydrogens is 372 g/mol. The smallest absolute Gasteiger partial charge is 0.292 e. The largest absolute Gasteiger partial charge is 0.334 e. The molecule has 110 valence electrons. The standard InChI is InChI=1S/C11H7BrClF2N5O/c1-18-8-6(12)2-7(13)17-9(8)20(11(18)21)5-3-16-19(4-5)10(14)15/h2-4,10H,1H3. The van der Waals surface area contributed by atoms with Gasteiger partial charge in [-0.05, 0) is 22.0 Å². The lowest BCUT2D eigenvalue weighted by Crippen LogP contribution is -2.20. The summed E-state index contributed by atoms with van der Waals surface area (Å²) in [7, 11) is 1.55. The first-order valence-electron chi connectivity index (χ1n) is 5.66. The number of hydrogen-bond donors (Lipinski definition) is 0. The molecule has 10 heteroatoms. The minimum atomic E-state index is -2.78. The molecule has 3 aromatic heterocycles. The fourth-order valence-electron chi connectivity index (χ4n) is 2.05. The first kappa shape index (κ1) is 14.2. The fourth-order valence-corrected chi connectivity index (χ4v) is 3.03. The van der Waals surface area contributed by atoms with E-state index in [0.29, 0.717) is 14.7 Å². The molecule has 0 aliphatic rings. The van der Waals surface area contributed by atoms with Crippen molar-refractivity contribution in [2.45, 2.75) is 6.55 Å². The van der Waals surface area contributed by atoms with Gasteiger partial charge in [-0.2, -0.15) is 13.9 Å². The molecular formula is C11H7BrClF2N5O. The third-order valence-corrected chi connectivity index (χ3v) is 3.77. The number of hydrogen-bond acceptors (Lipinski definition) is 3. The van der Waals surface area contributed by atoms with E-state index in [1.165, 1.54) is 15.3 Å². The summed E-state index contributed by atoms with van der Waals surface area (Å²) in [5.74, 6) is 0. The van der Waals surface area contributed by atoms with Crippen LogP contribution < -0.4 is 5.69 Å². The highest BCUT2D eigenvalue weighted by Crippen LogP contribution is 2.26. The topological polar surface area (TPSA) is 57.6 Å². The van der Waals surface area contributed by atoms with Gasteiger partial charge in [0, 0.05) is 11.5 Å². The van der Waals surface area contributed by atoms with Gasteiger partial charge in [-0.15, -0.1) is 0 Å². The van der Waals surface area contributed by atoms with Crippen LogP contribution >= 0.6 is 27.5 Å². The predicted octanol–water partition coefficient (Wildman–Crippen LogP) is 2.73. The lowest BCUT2D eigenvalue weighted by Gasteiger charge is -2.00. The van der Waals surface area contributed by atoms with E-state index < -0.39 is 12.2 Å². The Labute approximate surface area is 129 Å². The molecule has 0 atom stereocenters. The van der Waals surface area contributed by atoms with Gasteiger partial charge in [0.1, 0.15) is 10.7 Å². The zero-order chi connectivity index (χ0) is 15.3. The molecule has 3 rings (SSSR count). The lowest BCUT2D eigenvalue weighted by molar-refractivity contribution is 0.0566. The summed E-state index contributed by atoms with van der Waals surface area (Å²) in [6.45, 7) is -2.78. The van der Waals surface area contributed by atoms with Crippen molar-refractivity contribution in [2.24, 2.45) is 7.05 Å². The third kappa shape index (κ3) is 2.16. The first-order chi connectivity index (χ1) is 9.90. The lowest BCUT2D eigenvalue weighted by atomic mass is 10.4. The van der Waals surface area contributed by atoms with Crippen molar-refractivity contribution in [1.29, 1.82) is 0 Å². The second kappa shape index (κ2) is 4.92. The summed E-state index contributed by atoms with van der Waals surface area (Å²) in [6.07, 6.45) is 2.24. The van der Waals surface area contributed by atoms with Gasteiger partial charge in [0.25, 0.3) is 0 Å². The molecule has 0 bridgehead atoms. The maximum absolute atomic E-state index is 12.6. The Bertz CT molecular complexity index is 900. The third-order valence-electron chi connectivity index (χ3n) is 2.97. The van der Waals surface area contributed by atoms with E-state index >= 15 is 0 Å². The van der Waals surface area contributed by atoms with Crippen LogP contribution in [0.1, 0.15) is 6.55 Å². The molecule has 0 aromatic carbocycles. The molecule has 0 radical (unpaired) electrons. The van der Waals surface area contributed by atoms with E-state index in [9.17, 15) is 13.6 Å². The van der Waals surface area contributed by atoms with Crippen LogP contribution in [0.3, 0.4) is 0 Å². The highest BCUT2D eigenvalue weighted by Gasteiger charge is 2.19. The molecule has 6 nitrogen and oxygen atoms in total. The van der Waals surface area contributed by atoms with Gasteiger partial charge >= 0.3 is 12.2 Å². The number of nitrogens with zero attached hydrogens (tertiary/aromatic N) is 5. The summed E-state index contributed by atoms with van der Waals surface area (Å²) < 4.78 is 28.8. The summed E-state index contributed by atoms with van der Waals surface area (Å²) in [5, 5.41) is 3.70. The van der Waals surface area contributed by atoms with Crippen molar-refractivity contribution in [3.63, 3.8) is 0 Å². The fraction of sp³-hybridized carbons (Fsp3) is 0.182. The van der Waals surface area contributed by atoms with E-state index in [2.05, 4.69) is 26.0 Å². The van der Waals surface area contributed by atoms with Crippen LogP contribution in [0, 0.1) is 0 Å². The summed E-state index contributed by atoms with van der Waals surface area (Å²) in [4.78, 5) is 16.4. The van der Waals surface area contributed by atoms with Gasteiger partial charge < -0.3 is 0 Å². The van der Waals surface area contributed by atoms with Crippen molar-refractivity contribution in [2.75, 3.05) is 0 Å². The van der Waals surface area contributed by atoms with E-state index in [1.807, 2.05) is 0 Å². The van der Waals surface area contributed by atoms with Crippen molar-refractivity contribution >= 4 is 38.7 Å². The number of rotatable bonds is 2. The molecule has 0 fully saturated rings. The van der Waals surface area contributed by atoms with Crippen LogP contribution in [-0.2, 0) is 7.05 Å². The minimum Gasteiger partial charge on any atom is -0.292 e. The molecule has 0 aliphatic heterocycles. The Balaban J connectivity index is 2.36. The highest BCUT2D eigenvalue weighted by atomic mass is 79.9. The summed E-state index contributed by atoms with van der Waals surface area (Å²) in [5.41, 5.74) is 0.520. The Kier molecular flexibility index (Phi) is 3.33. The molecule has 0 saturated carbocycles. The average Bonchev–Trinajstić information content (AvgIpc) is 2.95. The van der Waals surface area contributed by atoms with Gasteiger partial charge in [-0.3, -0.25) is 4.57 Å². The number of halogens is 4.